The Balaban J connectivity index is 2.28. The lowest BCUT2D eigenvalue weighted by Gasteiger charge is -2.12. The van der Waals surface area contributed by atoms with Crippen molar-refractivity contribution >= 4 is 29.2 Å². The molecule has 5 nitrogen and oxygen atoms in total. The molecule has 0 aliphatic rings. The van der Waals surface area contributed by atoms with Crippen LogP contribution in [0.25, 0.3) is 0 Å². The summed E-state index contributed by atoms with van der Waals surface area (Å²) in [6.45, 7) is -1.43. The van der Waals surface area contributed by atoms with Crippen LogP contribution in [0, 0.1) is 12.7 Å². The third kappa shape index (κ3) is 4.42. The Morgan fingerprint density at radius 1 is 1.20 bits per heavy atom. The molecule has 0 spiro atoms. The van der Waals surface area contributed by atoms with Gasteiger partial charge in [0.15, 0.2) is 0 Å². The average Bonchev–Trinajstić information content (AvgIpc) is 2.48. The van der Waals surface area contributed by atoms with Gasteiger partial charge >= 0.3 is 12.6 Å². The van der Waals surface area contributed by atoms with Crippen LogP contribution in [0.3, 0.4) is 0 Å². The Kier molecular flexibility index (Phi) is 5.53. The van der Waals surface area contributed by atoms with E-state index in [4.69, 9.17) is 16.7 Å². The van der Waals surface area contributed by atoms with Gasteiger partial charge in [0.2, 0.25) is 0 Å². The number of carbonyl (C=O) groups excluding carboxylic acids is 1. The monoisotopic (exact) mass is 373 g/mol. The van der Waals surface area contributed by atoms with E-state index in [1.807, 2.05) is 0 Å². The Morgan fingerprint density at radius 2 is 1.88 bits per heavy atom. The third-order valence-electron chi connectivity index (χ3n) is 3.20. The van der Waals surface area contributed by atoms with E-state index >= 15 is 0 Å². The lowest BCUT2D eigenvalue weighted by Crippen LogP contribution is -2.15. The second kappa shape index (κ2) is 7.43. The van der Waals surface area contributed by atoms with Gasteiger partial charge in [-0.2, -0.15) is 8.78 Å². The van der Waals surface area contributed by atoms with Crippen molar-refractivity contribution in [1.29, 1.82) is 0 Å². The van der Waals surface area contributed by atoms with Gasteiger partial charge in [0.05, 0.1) is 16.1 Å². The van der Waals surface area contributed by atoms with Gasteiger partial charge in [0, 0.05) is 5.69 Å². The van der Waals surface area contributed by atoms with Gasteiger partial charge in [0.25, 0.3) is 5.91 Å². The number of nitrogens with one attached hydrogen (secondary N) is 1. The van der Waals surface area contributed by atoms with E-state index < -0.39 is 29.9 Å². The Morgan fingerprint density at radius 3 is 2.44 bits per heavy atom. The molecule has 0 aliphatic carbocycles. The lowest BCUT2D eigenvalue weighted by molar-refractivity contribution is -0.0498. The molecular formula is C16H11ClF3NO4. The molecule has 0 aliphatic heterocycles. The fourth-order valence-electron chi connectivity index (χ4n) is 2.03. The molecule has 1 amide bonds. The topological polar surface area (TPSA) is 75.6 Å². The van der Waals surface area contributed by atoms with Crippen LogP contribution in [0.2, 0.25) is 5.02 Å². The van der Waals surface area contributed by atoms with Crippen LogP contribution in [0.4, 0.5) is 18.9 Å². The smallest absolute Gasteiger partial charge is 0.387 e. The van der Waals surface area contributed by atoms with Crippen molar-refractivity contribution in [2.24, 2.45) is 0 Å². The number of carbonyl (C=O) groups is 2. The maximum Gasteiger partial charge on any atom is 0.387 e. The highest BCUT2D eigenvalue weighted by Crippen LogP contribution is 2.25. The molecule has 0 fully saturated rings. The predicted molar refractivity (Wildman–Crippen MR) is 84.1 cm³/mol. The molecular weight excluding hydrogens is 363 g/mol. The number of carboxylic acid groups (broad SMARTS) is 1. The van der Waals surface area contributed by atoms with Gasteiger partial charge < -0.3 is 15.2 Å². The molecule has 0 bridgehead atoms. The molecule has 25 heavy (non-hydrogen) atoms. The largest absolute Gasteiger partial charge is 0.478 e. The van der Waals surface area contributed by atoms with Gasteiger partial charge in [-0.25, -0.2) is 9.18 Å². The van der Waals surface area contributed by atoms with Crippen LogP contribution in [0.1, 0.15) is 26.3 Å². The van der Waals surface area contributed by atoms with Crippen molar-refractivity contribution in [3.8, 4) is 5.75 Å². The Labute approximate surface area is 145 Å². The number of alkyl halides is 2. The molecule has 2 rings (SSSR count). The molecule has 0 saturated carbocycles. The summed E-state index contributed by atoms with van der Waals surface area (Å²) in [7, 11) is 0. The first-order chi connectivity index (χ1) is 11.7. The molecule has 0 unspecified atom stereocenters. The SMILES string of the molecule is Cc1cc(OC(F)F)ccc1NC(=O)c1cc(C(=O)O)c(F)cc1Cl. The highest BCUT2D eigenvalue weighted by atomic mass is 35.5. The van der Waals surface area contributed by atoms with Crippen LogP contribution in [-0.4, -0.2) is 23.6 Å². The molecule has 9 heteroatoms. The second-order valence-corrected chi connectivity index (χ2v) is 5.33. The zero-order chi connectivity index (χ0) is 18.7. The fraction of sp³-hybridized carbons (Fsp3) is 0.125. The van der Waals surface area contributed by atoms with E-state index in [0.29, 0.717) is 5.56 Å². The minimum absolute atomic E-state index is 0.0847. The number of rotatable bonds is 5. The summed E-state index contributed by atoms with van der Waals surface area (Å²) in [4.78, 5) is 23.2. The fourth-order valence-corrected chi connectivity index (χ4v) is 2.27. The number of ether oxygens (including phenoxy) is 1. The number of aromatic carboxylic acids is 1. The summed E-state index contributed by atoms with van der Waals surface area (Å²) >= 11 is 5.79. The van der Waals surface area contributed by atoms with Crippen molar-refractivity contribution < 1.29 is 32.6 Å². The molecule has 0 heterocycles. The number of hydrogen-bond donors (Lipinski definition) is 2. The van der Waals surface area contributed by atoms with Crippen LogP contribution in [0.5, 0.6) is 5.75 Å². The van der Waals surface area contributed by atoms with Gasteiger partial charge in [-0.15, -0.1) is 0 Å². The van der Waals surface area contributed by atoms with E-state index in [-0.39, 0.29) is 22.0 Å². The van der Waals surface area contributed by atoms with Crippen molar-refractivity contribution in [1.82, 2.24) is 0 Å². The van der Waals surface area contributed by atoms with E-state index in [1.54, 1.807) is 6.92 Å². The van der Waals surface area contributed by atoms with E-state index in [0.717, 1.165) is 12.1 Å². The van der Waals surface area contributed by atoms with Crippen molar-refractivity contribution in [3.05, 3.63) is 57.9 Å². The average molecular weight is 374 g/mol. The molecule has 2 aromatic carbocycles. The van der Waals surface area contributed by atoms with Crippen LogP contribution in [-0.2, 0) is 0 Å². The first kappa shape index (κ1) is 18.6. The van der Waals surface area contributed by atoms with Gasteiger partial charge in [-0.3, -0.25) is 4.79 Å². The summed E-state index contributed by atoms with van der Waals surface area (Å²) in [6.07, 6.45) is 0. The van der Waals surface area contributed by atoms with E-state index in [1.165, 1.54) is 18.2 Å². The molecule has 0 aromatic heterocycles. The van der Waals surface area contributed by atoms with Crippen molar-refractivity contribution in [2.75, 3.05) is 5.32 Å². The maximum absolute atomic E-state index is 13.5. The summed E-state index contributed by atoms with van der Waals surface area (Å²) < 4.78 is 42.1. The second-order valence-electron chi connectivity index (χ2n) is 4.93. The predicted octanol–water partition coefficient (Wildman–Crippen LogP) is 4.34. The van der Waals surface area contributed by atoms with Crippen LogP contribution < -0.4 is 10.1 Å². The van der Waals surface area contributed by atoms with E-state index in [2.05, 4.69) is 10.1 Å². The van der Waals surface area contributed by atoms with Crippen molar-refractivity contribution in [2.45, 2.75) is 13.5 Å². The standard InChI is InChI=1S/C16H11ClF3NO4/c1-7-4-8(25-16(19)20)2-3-13(7)21-14(22)9-5-10(15(23)24)12(18)6-11(9)17/h2-6,16H,1H3,(H,21,22)(H,23,24). The summed E-state index contributed by atoms with van der Waals surface area (Å²) in [5.74, 6) is -3.48. The van der Waals surface area contributed by atoms with Gasteiger partial charge in [-0.1, -0.05) is 11.6 Å². The summed E-state index contributed by atoms with van der Waals surface area (Å²) in [6, 6.07) is 5.40. The normalized spacial score (nSPS) is 10.6. The number of benzene rings is 2. The van der Waals surface area contributed by atoms with E-state index in [9.17, 15) is 22.8 Å². The minimum atomic E-state index is -2.98. The number of hydrogen-bond acceptors (Lipinski definition) is 3. The molecule has 0 atom stereocenters. The highest BCUT2D eigenvalue weighted by molar-refractivity contribution is 6.34. The highest BCUT2D eigenvalue weighted by Gasteiger charge is 2.19. The van der Waals surface area contributed by atoms with Gasteiger partial charge in [0.1, 0.15) is 11.6 Å². The lowest BCUT2D eigenvalue weighted by atomic mass is 10.1. The molecule has 0 radical (unpaired) electrons. The minimum Gasteiger partial charge on any atom is -0.478 e. The van der Waals surface area contributed by atoms with Crippen LogP contribution >= 0.6 is 11.6 Å². The van der Waals surface area contributed by atoms with Crippen molar-refractivity contribution in [3.63, 3.8) is 0 Å². The molecule has 132 valence electrons. The maximum atomic E-state index is 13.5. The summed E-state index contributed by atoms with van der Waals surface area (Å²) in [5, 5.41) is 11.1. The quantitative estimate of drug-likeness (QED) is 0.817. The zero-order valence-corrected chi connectivity index (χ0v) is 13.4. The number of anilines is 1. The number of amides is 1. The Bertz CT molecular complexity index is 842. The molecule has 2 aromatic rings. The number of carboxylic acids is 1. The first-order valence-electron chi connectivity index (χ1n) is 6.78. The zero-order valence-electron chi connectivity index (χ0n) is 12.6. The van der Waals surface area contributed by atoms with Gasteiger partial charge in [-0.05, 0) is 42.8 Å². The first-order valence-corrected chi connectivity index (χ1v) is 7.16. The summed E-state index contributed by atoms with van der Waals surface area (Å²) in [5.41, 5.74) is -0.258. The molecule has 0 saturated heterocycles. The third-order valence-corrected chi connectivity index (χ3v) is 3.52. The number of halogens is 4. The number of aryl methyl sites for hydroxylation is 1. The molecule has 2 N–H and O–H groups in total. The Hall–Kier alpha value is -2.74. The van der Waals surface area contributed by atoms with Crippen LogP contribution in [0.15, 0.2) is 30.3 Å².